The molecule has 5 N–H and O–H groups in total. The molecule has 9 atom stereocenters. The van der Waals surface area contributed by atoms with Crippen LogP contribution in [0.5, 0.6) is 0 Å². The number of carbonyl (C=O) groups is 2. The van der Waals surface area contributed by atoms with Gasteiger partial charge in [-0.3, -0.25) is 14.2 Å². The molecule has 0 spiro atoms. The van der Waals surface area contributed by atoms with Gasteiger partial charge in [0.2, 0.25) is 11.8 Å². The maximum absolute atomic E-state index is 12.3. The SMILES string of the molecule is CC[C@H]1C[C@@H](OCCCCC(=O)NCCCCCCOC2[C@@H](CC)O[C@@H](n3ccc(N)nc3=O)[C@H]2O)[C@H](NC(C)=O)[C@@H](C)[C@H]1C. The molecule has 1 aliphatic heterocycles. The molecule has 0 bridgehead atoms. The van der Waals surface area contributed by atoms with Gasteiger partial charge in [0.1, 0.15) is 18.0 Å². The van der Waals surface area contributed by atoms with Crippen molar-refractivity contribution >= 4 is 17.6 Å². The van der Waals surface area contributed by atoms with Crippen LogP contribution in [0.4, 0.5) is 5.82 Å². The molecule has 2 aliphatic rings. The Balaban J connectivity index is 1.24. The van der Waals surface area contributed by atoms with Crippen molar-refractivity contribution in [3.63, 3.8) is 0 Å². The van der Waals surface area contributed by atoms with Crippen LogP contribution < -0.4 is 22.1 Å². The Morgan fingerprint density at radius 3 is 2.47 bits per heavy atom. The third kappa shape index (κ3) is 10.8. The Labute approximate surface area is 268 Å². The standard InChI is InChI=1S/C33H57N5O7/c1-6-24-20-26(29(36-23(5)39)22(4)21(24)3)43-18-13-10-14-28(40)35-16-11-8-9-12-19-44-31-25(7-2)45-32(30(31)41)38-17-15-27(34)37-33(38)42/h15,17,21-22,24-26,29-32,41H,6-14,16,18-20H2,1-5H3,(H,35,40)(H,36,39)(H2,34,37,42)/t21-,22+,24+,25-,26-,29-,30+,31?,32-/m1/s1. The second-order valence-electron chi connectivity index (χ2n) is 12.8. The zero-order valence-electron chi connectivity index (χ0n) is 27.9. The number of hydrogen-bond donors (Lipinski definition) is 4. The number of nitrogen functional groups attached to an aromatic ring is 1. The number of nitrogens with zero attached hydrogens (tertiary/aromatic N) is 2. The van der Waals surface area contributed by atoms with Crippen LogP contribution in [0.25, 0.3) is 0 Å². The lowest BCUT2D eigenvalue weighted by atomic mass is 9.69. The Kier molecular flexibility index (Phi) is 15.2. The van der Waals surface area contributed by atoms with Crippen LogP contribution >= 0.6 is 0 Å². The summed E-state index contributed by atoms with van der Waals surface area (Å²) in [6.07, 6.45) is 7.15. The van der Waals surface area contributed by atoms with Crippen molar-refractivity contribution in [1.82, 2.24) is 20.2 Å². The summed E-state index contributed by atoms with van der Waals surface area (Å²) in [5, 5.41) is 17.0. The fourth-order valence-corrected chi connectivity index (χ4v) is 6.77. The number of nitrogens with two attached hydrogens (primary N) is 1. The zero-order chi connectivity index (χ0) is 32.9. The normalized spacial score (nSPS) is 29.9. The molecule has 1 saturated heterocycles. The number of carbonyl (C=O) groups excluding carboxylic acids is 2. The monoisotopic (exact) mass is 635 g/mol. The van der Waals surface area contributed by atoms with Gasteiger partial charge in [-0.25, -0.2) is 4.79 Å². The molecule has 3 rings (SSSR count). The summed E-state index contributed by atoms with van der Waals surface area (Å²) in [5.41, 5.74) is 5.00. The first-order chi connectivity index (χ1) is 21.6. The van der Waals surface area contributed by atoms with Crippen LogP contribution in [0.15, 0.2) is 17.1 Å². The number of aromatic nitrogens is 2. The van der Waals surface area contributed by atoms with Crippen LogP contribution in [0.1, 0.15) is 105 Å². The van der Waals surface area contributed by atoms with Gasteiger partial charge in [-0.05, 0) is 62.3 Å². The molecule has 0 radical (unpaired) electrons. The molecule has 12 heteroatoms. The van der Waals surface area contributed by atoms with Crippen LogP contribution in [0.2, 0.25) is 0 Å². The molecular formula is C33H57N5O7. The highest BCUT2D eigenvalue weighted by molar-refractivity contribution is 5.75. The lowest BCUT2D eigenvalue weighted by Gasteiger charge is -2.44. The van der Waals surface area contributed by atoms with Crippen molar-refractivity contribution in [2.24, 2.45) is 17.8 Å². The van der Waals surface area contributed by atoms with Gasteiger partial charge in [-0.1, -0.05) is 47.0 Å². The molecule has 1 unspecified atom stereocenters. The minimum atomic E-state index is -0.992. The molecule has 12 nitrogen and oxygen atoms in total. The molecule has 2 amide bonds. The second kappa shape index (κ2) is 18.6. The molecule has 1 saturated carbocycles. The van der Waals surface area contributed by atoms with Crippen LogP contribution in [-0.2, 0) is 23.8 Å². The minimum absolute atomic E-state index is 0.0149. The van der Waals surface area contributed by atoms with Crippen molar-refractivity contribution in [3.8, 4) is 0 Å². The molecule has 0 aromatic carbocycles. The van der Waals surface area contributed by atoms with Crippen molar-refractivity contribution in [2.45, 2.75) is 136 Å². The molecule has 1 aromatic rings. The number of amides is 2. The highest BCUT2D eigenvalue weighted by Crippen LogP contribution is 2.38. The quantitative estimate of drug-likeness (QED) is 0.177. The topological polar surface area (TPSA) is 167 Å². The number of hydrogen-bond acceptors (Lipinski definition) is 9. The van der Waals surface area contributed by atoms with E-state index in [1.165, 1.54) is 16.8 Å². The van der Waals surface area contributed by atoms with Crippen molar-refractivity contribution in [1.29, 1.82) is 0 Å². The first-order valence-electron chi connectivity index (χ1n) is 17.0. The van der Waals surface area contributed by atoms with Gasteiger partial charge in [-0.15, -0.1) is 0 Å². The van der Waals surface area contributed by atoms with Crippen LogP contribution in [0.3, 0.4) is 0 Å². The van der Waals surface area contributed by atoms with E-state index in [9.17, 15) is 19.5 Å². The number of nitrogens with one attached hydrogen (secondary N) is 2. The summed E-state index contributed by atoms with van der Waals surface area (Å²) in [4.78, 5) is 40.0. The molecule has 1 aliphatic carbocycles. The minimum Gasteiger partial charge on any atom is -0.386 e. The first kappa shape index (κ1) is 36.9. The van der Waals surface area contributed by atoms with Crippen molar-refractivity contribution in [2.75, 3.05) is 25.5 Å². The lowest BCUT2D eigenvalue weighted by Crippen LogP contribution is -2.54. The zero-order valence-corrected chi connectivity index (χ0v) is 27.9. The average Bonchev–Trinajstić information content (AvgIpc) is 3.31. The summed E-state index contributed by atoms with van der Waals surface area (Å²) in [6, 6.07) is 1.53. The predicted octanol–water partition coefficient (Wildman–Crippen LogP) is 3.32. The van der Waals surface area contributed by atoms with Crippen molar-refractivity contribution < 1.29 is 28.9 Å². The van der Waals surface area contributed by atoms with Gasteiger partial charge in [0, 0.05) is 39.3 Å². The van der Waals surface area contributed by atoms with Gasteiger partial charge < -0.3 is 35.7 Å². The second-order valence-corrected chi connectivity index (χ2v) is 12.8. The summed E-state index contributed by atoms with van der Waals surface area (Å²) in [6.45, 7) is 11.9. The molecule has 1 aromatic heterocycles. The third-order valence-corrected chi connectivity index (χ3v) is 9.64. The maximum atomic E-state index is 12.3. The van der Waals surface area contributed by atoms with Gasteiger partial charge in [0.25, 0.3) is 0 Å². The van der Waals surface area contributed by atoms with E-state index in [-0.39, 0.29) is 35.9 Å². The maximum Gasteiger partial charge on any atom is 0.351 e. The number of aliphatic hydroxyl groups excluding tert-OH is 1. The van der Waals surface area contributed by atoms with E-state index in [1.54, 1.807) is 6.92 Å². The van der Waals surface area contributed by atoms with Gasteiger partial charge in [0.15, 0.2) is 6.23 Å². The van der Waals surface area contributed by atoms with E-state index < -0.39 is 24.1 Å². The molecule has 45 heavy (non-hydrogen) atoms. The Morgan fingerprint density at radius 1 is 1.07 bits per heavy atom. The fourth-order valence-electron chi connectivity index (χ4n) is 6.77. The lowest BCUT2D eigenvalue weighted by molar-refractivity contribution is -0.124. The molecule has 2 heterocycles. The highest BCUT2D eigenvalue weighted by Gasteiger charge is 2.45. The summed E-state index contributed by atoms with van der Waals surface area (Å²) < 4.78 is 19.4. The van der Waals surface area contributed by atoms with Gasteiger partial charge >= 0.3 is 5.69 Å². The Morgan fingerprint density at radius 2 is 1.78 bits per heavy atom. The van der Waals surface area contributed by atoms with Crippen molar-refractivity contribution in [3.05, 3.63) is 22.7 Å². The van der Waals surface area contributed by atoms with E-state index in [0.29, 0.717) is 50.4 Å². The summed E-state index contributed by atoms with van der Waals surface area (Å²) in [5.74, 6) is 1.66. The van der Waals surface area contributed by atoms with E-state index >= 15 is 0 Å². The fraction of sp³-hybridized carbons (Fsp3) is 0.818. The third-order valence-electron chi connectivity index (χ3n) is 9.64. The number of anilines is 1. The predicted molar refractivity (Wildman–Crippen MR) is 172 cm³/mol. The van der Waals surface area contributed by atoms with Gasteiger partial charge in [-0.2, -0.15) is 4.98 Å². The van der Waals surface area contributed by atoms with E-state index in [2.05, 4.69) is 36.4 Å². The number of aliphatic hydroxyl groups is 1. The largest absolute Gasteiger partial charge is 0.386 e. The highest BCUT2D eigenvalue weighted by atomic mass is 16.6. The average molecular weight is 636 g/mol. The molecule has 256 valence electrons. The van der Waals surface area contributed by atoms with Crippen LogP contribution in [-0.4, -0.2) is 76.7 Å². The summed E-state index contributed by atoms with van der Waals surface area (Å²) >= 11 is 0. The number of rotatable bonds is 18. The van der Waals surface area contributed by atoms with E-state index in [1.807, 2.05) is 6.92 Å². The number of unbranched alkanes of at least 4 members (excludes halogenated alkanes) is 4. The summed E-state index contributed by atoms with van der Waals surface area (Å²) in [7, 11) is 0. The Hall–Kier alpha value is -2.54. The van der Waals surface area contributed by atoms with Gasteiger partial charge in [0.05, 0.1) is 18.2 Å². The van der Waals surface area contributed by atoms with E-state index in [4.69, 9.17) is 19.9 Å². The molecule has 2 fully saturated rings. The molecular weight excluding hydrogens is 578 g/mol. The Bertz CT molecular complexity index is 1120. The van der Waals surface area contributed by atoms with Crippen LogP contribution in [0, 0.1) is 17.8 Å². The first-order valence-corrected chi connectivity index (χ1v) is 17.0. The smallest absolute Gasteiger partial charge is 0.351 e. The van der Waals surface area contributed by atoms with E-state index in [0.717, 1.165) is 51.4 Å². The number of ether oxygens (including phenoxy) is 3.